The van der Waals surface area contributed by atoms with Crippen molar-refractivity contribution in [1.29, 1.82) is 0 Å². The monoisotopic (exact) mass is 327 g/mol. The minimum atomic E-state index is 0.761. The van der Waals surface area contributed by atoms with Gasteiger partial charge in [0.05, 0.1) is 13.2 Å². The van der Waals surface area contributed by atoms with Crippen LogP contribution in [0.3, 0.4) is 0 Å². The van der Waals surface area contributed by atoms with Crippen LogP contribution in [0.15, 0.2) is 36.7 Å². The lowest BCUT2D eigenvalue weighted by atomic mass is 10.1. The number of benzene rings is 1. The fourth-order valence-corrected chi connectivity index (χ4v) is 2.71. The molecule has 1 saturated heterocycles. The third-order valence-corrected chi connectivity index (χ3v) is 4.23. The van der Waals surface area contributed by atoms with Crippen molar-refractivity contribution in [2.45, 2.75) is 13.5 Å². The van der Waals surface area contributed by atoms with E-state index < -0.39 is 0 Å². The summed E-state index contributed by atoms with van der Waals surface area (Å²) in [6, 6.07) is 10.3. The van der Waals surface area contributed by atoms with Crippen molar-refractivity contribution in [3.8, 4) is 0 Å². The van der Waals surface area contributed by atoms with Crippen LogP contribution in [0.25, 0.3) is 0 Å². The molecule has 1 aliphatic rings. The Morgan fingerprint density at radius 1 is 1.08 bits per heavy atom. The summed E-state index contributed by atoms with van der Waals surface area (Å²) in [4.78, 5) is 11.0. The maximum Gasteiger partial charge on any atom is 0.131 e. The molecule has 6 heteroatoms. The van der Waals surface area contributed by atoms with E-state index in [2.05, 4.69) is 56.7 Å². The Balaban J connectivity index is 1.47. The predicted octanol–water partition coefficient (Wildman–Crippen LogP) is 2.14. The van der Waals surface area contributed by atoms with Gasteiger partial charge in [-0.15, -0.1) is 0 Å². The highest BCUT2D eigenvalue weighted by atomic mass is 16.5. The molecular weight excluding hydrogens is 302 g/mol. The Labute approximate surface area is 143 Å². The quantitative estimate of drug-likeness (QED) is 0.812. The van der Waals surface area contributed by atoms with Gasteiger partial charge >= 0.3 is 0 Å². The van der Waals surface area contributed by atoms with E-state index in [0.29, 0.717) is 0 Å². The predicted molar refractivity (Wildman–Crippen MR) is 96.3 cm³/mol. The molecule has 0 atom stereocenters. The number of rotatable bonds is 7. The van der Waals surface area contributed by atoms with E-state index in [0.717, 1.165) is 57.6 Å². The van der Waals surface area contributed by atoms with Gasteiger partial charge < -0.3 is 15.4 Å². The highest BCUT2D eigenvalue weighted by Gasteiger charge is 2.09. The van der Waals surface area contributed by atoms with Crippen LogP contribution in [0.1, 0.15) is 11.1 Å². The zero-order chi connectivity index (χ0) is 16.6. The molecule has 2 aromatic rings. The maximum absolute atomic E-state index is 5.36. The van der Waals surface area contributed by atoms with Crippen molar-refractivity contribution in [2.24, 2.45) is 0 Å². The van der Waals surface area contributed by atoms with Gasteiger partial charge in [0.1, 0.15) is 18.0 Å². The molecule has 1 aromatic carbocycles. The lowest BCUT2D eigenvalue weighted by molar-refractivity contribution is 0.0398. The molecule has 0 amide bonds. The molecule has 0 saturated carbocycles. The third-order valence-electron chi connectivity index (χ3n) is 4.23. The number of aromatic nitrogens is 2. The second-order valence-corrected chi connectivity index (χ2v) is 5.95. The lowest BCUT2D eigenvalue weighted by Gasteiger charge is -2.26. The molecule has 1 aromatic heterocycles. The maximum atomic E-state index is 5.36. The molecule has 0 bridgehead atoms. The van der Waals surface area contributed by atoms with Crippen molar-refractivity contribution in [3.05, 3.63) is 47.8 Å². The first-order chi connectivity index (χ1) is 11.8. The van der Waals surface area contributed by atoms with E-state index in [1.807, 2.05) is 6.07 Å². The average Bonchev–Trinajstić information content (AvgIpc) is 2.62. The highest BCUT2D eigenvalue weighted by molar-refractivity contribution is 5.47. The largest absolute Gasteiger partial charge is 0.379 e. The Bertz CT molecular complexity index is 643. The van der Waals surface area contributed by atoms with Crippen LogP contribution in [-0.2, 0) is 11.3 Å². The van der Waals surface area contributed by atoms with Gasteiger partial charge in [-0.05, 0) is 18.1 Å². The number of anilines is 2. The van der Waals surface area contributed by atoms with Gasteiger partial charge in [0, 0.05) is 38.8 Å². The van der Waals surface area contributed by atoms with Gasteiger partial charge in [-0.2, -0.15) is 0 Å². The number of morpholine rings is 1. The van der Waals surface area contributed by atoms with Gasteiger partial charge in [0.15, 0.2) is 0 Å². The van der Waals surface area contributed by atoms with Crippen molar-refractivity contribution < 1.29 is 4.74 Å². The molecule has 0 radical (unpaired) electrons. The highest BCUT2D eigenvalue weighted by Crippen LogP contribution is 2.12. The fourth-order valence-electron chi connectivity index (χ4n) is 2.71. The van der Waals surface area contributed by atoms with Crippen LogP contribution in [0.5, 0.6) is 0 Å². The summed E-state index contributed by atoms with van der Waals surface area (Å²) in [7, 11) is 0. The zero-order valence-electron chi connectivity index (χ0n) is 14.2. The number of hydrogen-bond acceptors (Lipinski definition) is 6. The van der Waals surface area contributed by atoms with Crippen molar-refractivity contribution in [1.82, 2.24) is 14.9 Å². The molecule has 0 unspecified atom stereocenters. The van der Waals surface area contributed by atoms with Gasteiger partial charge in [-0.25, -0.2) is 9.97 Å². The van der Waals surface area contributed by atoms with E-state index in [1.165, 1.54) is 11.1 Å². The molecule has 1 aliphatic heterocycles. The Kier molecular flexibility index (Phi) is 5.98. The van der Waals surface area contributed by atoms with Gasteiger partial charge in [0.2, 0.25) is 0 Å². The summed E-state index contributed by atoms with van der Waals surface area (Å²) in [5, 5.41) is 6.73. The van der Waals surface area contributed by atoms with Crippen molar-refractivity contribution >= 4 is 11.6 Å². The second kappa shape index (κ2) is 8.61. The third kappa shape index (κ3) is 4.91. The Hall–Kier alpha value is -2.18. The molecule has 24 heavy (non-hydrogen) atoms. The van der Waals surface area contributed by atoms with Crippen molar-refractivity contribution in [2.75, 3.05) is 50.0 Å². The molecule has 3 rings (SSSR count). The first kappa shape index (κ1) is 16.7. The van der Waals surface area contributed by atoms with E-state index in [9.17, 15) is 0 Å². The zero-order valence-corrected chi connectivity index (χ0v) is 14.2. The van der Waals surface area contributed by atoms with Gasteiger partial charge in [0.25, 0.3) is 0 Å². The number of ether oxygens (including phenoxy) is 1. The normalized spacial score (nSPS) is 15.2. The molecule has 0 spiro atoms. The summed E-state index contributed by atoms with van der Waals surface area (Å²) < 4.78 is 5.36. The average molecular weight is 327 g/mol. The number of nitrogens with one attached hydrogen (secondary N) is 2. The molecule has 1 fully saturated rings. The minimum absolute atomic E-state index is 0.761. The molecule has 128 valence electrons. The smallest absolute Gasteiger partial charge is 0.131 e. The lowest BCUT2D eigenvalue weighted by Crippen LogP contribution is -2.39. The topological polar surface area (TPSA) is 62.3 Å². The van der Waals surface area contributed by atoms with Crippen molar-refractivity contribution in [3.63, 3.8) is 0 Å². The summed E-state index contributed by atoms with van der Waals surface area (Å²) in [6.07, 6.45) is 1.59. The van der Waals surface area contributed by atoms with E-state index in [1.54, 1.807) is 6.33 Å². The van der Waals surface area contributed by atoms with Crippen LogP contribution in [-0.4, -0.2) is 54.3 Å². The summed E-state index contributed by atoms with van der Waals surface area (Å²) in [5.41, 5.74) is 2.56. The fraction of sp³-hybridized carbons (Fsp3) is 0.444. The molecule has 2 N–H and O–H groups in total. The van der Waals surface area contributed by atoms with Crippen LogP contribution in [0, 0.1) is 6.92 Å². The van der Waals surface area contributed by atoms with Gasteiger partial charge in [-0.3, -0.25) is 4.90 Å². The SMILES string of the molecule is Cc1ccccc1CNc1cc(NCCN2CCOCC2)ncn1. The molecule has 6 nitrogen and oxygen atoms in total. The summed E-state index contributed by atoms with van der Waals surface area (Å²) in [6.45, 7) is 8.43. The molecule has 0 aliphatic carbocycles. The first-order valence-corrected chi connectivity index (χ1v) is 8.46. The van der Waals surface area contributed by atoms with Crippen LogP contribution in [0.4, 0.5) is 11.6 Å². The van der Waals surface area contributed by atoms with Crippen LogP contribution >= 0.6 is 0 Å². The summed E-state index contributed by atoms with van der Waals surface area (Å²) in [5.74, 6) is 1.69. The van der Waals surface area contributed by atoms with E-state index in [4.69, 9.17) is 4.74 Å². The number of aryl methyl sites for hydroxylation is 1. The number of nitrogens with zero attached hydrogens (tertiary/aromatic N) is 3. The molecule has 2 heterocycles. The first-order valence-electron chi connectivity index (χ1n) is 8.46. The van der Waals surface area contributed by atoms with Gasteiger partial charge in [-0.1, -0.05) is 24.3 Å². The van der Waals surface area contributed by atoms with E-state index >= 15 is 0 Å². The Morgan fingerprint density at radius 3 is 2.62 bits per heavy atom. The molecular formula is C18H25N5O. The standard InChI is InChI=1S/C18H25N5O/c1-15-4-2-3-5-16(15)13-20-18-12-17(21-14-22-18)19-6-7-23-8-10-24-11-9-23/h2-5,12,14H,6-11,13H2,1H3,(H2,19,20,21,22). The Morgan fingerprint density at radius 2 is 1.83 bits per heavy atom. The van der Waals surface area contributed by atoms with Crippen LogP contribution < -0.4 is 10.6 Å². The van der Waals surface area contributed by atoms with Crippen LogP contribution in [0.2, 0.25) is 0 Å². The van der Waals surface area contributed by atoms with E-state index in [-0.39, 0.29) is 0 Å². The minimum Gasteiger partial charge on any atom is -0.379 e. The number of hydrogen-bond donors (Lipinski definition) is 2. The second-order valence-electron chi connectivity index (χ2n) is 5.95. The summed E-state index contributed by atoms with van der Waals surface area (Å²) >= 11 is 0.